The van der Waals surface area contributed by atoms with Gasteiger partial charge in [-0.3, -0.25) is 4.68 Å². The number of hydrogen-bond donors (Lipinski definition) is 1. The first-order chi connectivity index (χ1) is 8.67. The molecule has 0 radical (unpaired) electrons. The van der Waals surface area contributed by atoms with E-state index < -0.39 is 0 Å². The highest BCUT2D eigenvalue weighted by atomic mass is 16.5. The average Bonchev–Trinajstić information content (AvgIpc) is 2.75. The SMILES string of the molecule is COc1ccc(CC(N)Cc2cn(C)nn2)cc1. The summed E-state index contributed by atoms with van der Waals surface area (Å²) in [6, 6.07) is 8.02. The molecule has 0 aliphatic rings. The summed E-state index contributed by atoms with van der Waals surface area (Å²) in [4.78, 5) is 0. The van der Waals surface area contributed by atoms with Crippen molar-refractivity contribution in [2.24, 2.45) is 12.8 Å². The predicted octanol–water partition coefficient (Wildman–Crippen LogP) is 0.936. The van der Waals surface area contributed by atoms with Gasteiger partial charge in [-0.1, -0.05) is 17.3 Å². The molecule has 1 aromatic carbocycles. The summed E-state index contributed by atoms with van der Waals surface area (Å²) in [5.41, 5.74) is 8.24. The van der Waals surface area contributed by atoms with Gasteiger partial charge in [-0.15, -0.1) is 5.10 Å². The van der Waals surface area contributed by atoms with Crippen LogP contribution in [0.1, 0.15) is 11.3 Å². The lowest BCUT2D eigenvalue weighted by Crippen LogP contribution is -2.25. The lowest BCUT2D eigenvalue weighted by molar-refractivity contribution is 0.414. The second kappa shape index (κ2) is 5.64. The molecule has 5 heteroatoms. The molecule has 2 rings (SSSR count). The first kappa shape index (κ1) is 12.6. The molecule has 2 aromatic rings. The Morgan fingerprint density at radius 2 is 2.00 bits per heavy atom. The standard InChI is InChI=1S/C13H18N4O/c1-17-9-12(15-16-17)8-11(14)7-10-3-5-13(18-2)6-4-10/h3-6,9,11H,7-8,14H2,1-2H3. The topological polar surface area (TPSA) is 66.0 Å². The van der Waals surface area contributed by atoms with Gasteiger partial charge in [0.15, 0.2) is 0 Å². The maximum absolute atomic E-state index is 6.11. The highest BCUT2D eigenvalue weighted by Crippen LogP contribution is 2.13. The first-order valence-electron chi connectivity index (χ1n) is 5.91. The van der Waals surface area contributed by atoms with E-state index in [1.165, 1.54) is 5.56 Å². The van der Waals surface area contributed by atoms with E-state index in [0.29, 0.717) is 0 Å². The number of benzene rings is 1. The van der Waals surface area contributed by atoms with Crippen LogP contribution >= 0.6 is 0 Å². The summed E-state index contributed by atoms with van der Waals surface area (Å²) in [6.07, 6.45) is 3.45. The van der Waals surface area contributed by atoms with Crippen LogP contribution in [0.4, 0.5) is 0 Å². The molecule has 0 aliphatic carbocycles. The average molecular weight is 246 g/mol. The maximum Gasteiger partial charge on any atom is 0.118 e. The van der Waals surface area contributed by atoms with E-state index >= 15 is 0 Å². The smallest absolute Gasteiger partial charge is 0.118 e. The lowest BCUT2D eigenvalue weighted by atomic mass is 10.0. The Kier molecular flexibility index (Phi) is 3.94. The number of nitrogens with zero attached hydrogens (tertiary/aromatic N) is 3. The third kappa shape index (κ3) is 3.30. The van der Waals surface area contributed by atoms with Crippen molar-refractivity contribution >= 4 is 0 Å². The summed E-state index contributed by atoms with van der Waals surface area (Å²) in [5.74, 6) is 0.862. The number of methoxy groups -OCH3 is 1. The van der Waals surface area contributed by atoms with Crippen LogP contribution in [-0.4, -0.2) is 28.1 Å². The van der Waals surface area contributed by atoms with Crippen LogP contribution < -0.4 is 10.5 Å². The second-order valence-corrected chi connectivity index (χ2v) is 4.40. The molecule has 1 aromatic heterocycles. The summed E-state index contributed by atoms with van der Waals surface area (Å²) in [6.45, 7) is 0. The van der Waals surface area contributed by atoms with E-state index in [1.807, 2.05) is 37.5 Å². The van der Waals surface area contributed by atoms with Crippen LogP contribution in [0.15, 0.2) is 30.5 Å². The van der Waals surface area contributed by atoms with Gasteiger partial charge in [0, 0.05) is 25.7 Å². The number of nitrogens with two attached hydrogens (primary N) is 1. The van der Waals surface area contributed by atoms with Crippen molar-refractivity contribution in [3.63, 3.8) is 0 Å². The van der Waals surface area contributed by atoms with E-state index in [4.69, 9.17) is 10.5 Å². The minimum Gasteiger partial charge on any atom is -0.497 e. The summed E-state index contributed by atoms with van der Waals surface area (Å²) >= 11 is 0. The van der Waals surface area contributed by atoms with Gasteiger partial charge in [0.05, 0.1) is 12.8 Å². The van der Waals surface area contributed by atoms with Crippen LogP contribution in [0, 0.1) is 0 Å². The Bertz CT molecular complexity index is 492. The predicted molar refractivity (Wildman–Crippen MR) is 69.4 cm³/mol. The minimum atomic E-state index is 0.0510. The highest BCUT2D eigenvalue weighted by Gasteiger charge is 2.08. The van der Waals surface area contributed by atoms with E-state index in [1.54, 1.807) is 11.8 Å². The molecule has 0 spiro atoms. The van der Waals surface area contributed by atoms with E-state index in [2.05, 4.69) is 10.3 Å². The van der Waals surface area contributed by atoms with Gasteiger partial charge in [-0.2, -0.15) is 0 Å². The summed E-state index contributed by atoms with van der Waals surface area (Å²) < 4.78 is 6.81. The summed E-state index contributed by atoms with van der Waals surface area (Å²) in [7, 11) is 3.51. The van der Waals surface area contributed by atoms with E-state index in [-0.39, 0.29) is 6.04 Å². The molecular weight excluding hydrogens is 228 g/mol. The fourth-order valence-corrected chi connectivity index (χ4v) is 1.89. The maximum atomic E-state index is 6.11. The van der Waals surface area contributed by atoms with Crippen molar-refractivity contribution in [2.75, 3.05) is 7.11 Å². The molecule has 0 aliphatic heterocycles. The molecule has 18 heavy (non-hydrogen) atoms. The molecule has 0 fully saturated rings. The quantitative estimate of drug-likeness (QED) is 0.852. The van der Waals surface area contributed by atoms with Crippen molar-refractivity contribution in [1.29, 1.82) is 0 Å². The Morgan fingerprint density at radius 1 is 1.28 bits per heavy atom. The fraction of sp³-hybridized carbons (Fsp3) is 0.385. The van der Waals surface area contributed by atoms with Crippen LogP contribution in [0.3, 0.4) is 0 Å². The van der Waals surface area contributed by atoms with Gasteiger partial charge < -0.3 is 10.5 Å². The Labute approximate surface area is 107 Å². The second-order valence-electron chi connectivity index (χ2n) is 4.40. The molecule has 0 saturated heterocycles. The number of aromatic nitrogens is 3. The van der Waals surface area contributed by atoms with Gasteiger partial charge in [-0.05, 0) is 24.1 Å². The Balaban J connectivity index is 1.91. The molecule has 0 amide bonds. The number of hydrogen-bond acceptors (Lipinski definition) is 4. The Hall–Kier alpha value is -1.88. The van der Waals surface area contributed by atoms with Gasteiger partial charge in [0.2, 0.25) is 0 Å². The van der Waals surface area contributed by atoms with Crippen molar-refractivity contribution in [1.82, 2.24) is 15.0 Å². The summed E-state index contributed by atoms with van der Waals surface area (Å²) in [5, 5.41) is 7.93. The van der Waals surface area contributed by atoms with Crippen LogP contribution in [0.2, 0.25) is 0 Å². The van der Waals surface area contributed by atoms with Gasteiger partial charge >= 0.3 is 0 Å². The van der Waals surface area contributed by atoms with Crippen molar-refractivity contribution < 1.29 is 4.74 Å². The molecule has 5 nitrogen and oxygen atoms in total. The number of rotatable bonds is 5. The molecular formula is C13H18N4O. The molecule has 1 unspecified atom stereocenters. The largest absolute Gasteiger partial charge is 0.497 e. The third-order valence-electron chi connectivity index (χ3n) is 2.78. The van der Waals surface area contributed by atoms with Gasteiger partial charge in [0.1, 0.15) is 5.75 Å². The molecule has 0 saturated carbocycles. The highest BCUT2D eigenvalue weighted by molar-refractivity contribution is 5.27. The third-order valence-corrected chi connectivity index (χ3v) is 2.78. The first-order valence-corrected chi connectivity index (χ1v) is 5.91. The van der Waals surface area contributed by atoms with Gasteiger partial charge in [0.25, 0.3) is 0 Å². The minimum absolute atomic E-state index is 0.0510. The van der Waals surface area contributed by atoms with E-state index in [0.717, 1.165) is 24.3 Å². The van der Waals surface area contributed by atoms with Crippen molar-refractivity contribution in [2.45, 2.75) is 18.9 Å². The van der Waals surface area contributed by atoms with Gasteiger partial charge in [-0.25, -0.2) is 0 Å². The van der Waals surface area contributed by atoms with Crippen LogP contribution in [0.25, 0.3) is 0 Å². The van der Waals surface area contributed by atoms with Crippen molar-refractivity contribution in [3.05, 3.63) is 41.7 Å². The molecule has 2 N–H and O–H groups in total. The monoisotopic (exact) mass is 246 g/mol. The zero-order valence-electron chi connectivity index (χ0n) is 10.7. The number of ether oxygens (including phenoxy) is 1. The zero-order chi connectivity index (χ0) is 13.0. The number of aryl methyl sites for hydroxylation is 1. The molecule has 1 atom stereocenters. The zero-order valence-corrected chi connectivity index (χ0v) is 10.7. The molecule has 96 valence electrons. The Morgan fingerprint density at radius 3 is 2.56 bits per heavy atom. The fourth-order valence-electron chi connectivity index (χ4n) is 1.89. The molecule has 1 heterocycles. The lowest BCUT2D eigenvalue weighted by Gasteiger charge is -2.10. The van der Waals surface area contributed by atoms with Crippen LogP contribution in [0.5, 0.6) is 5.75 Å². The normalized spacial score (nSPS) is 12.4. The van der Waals surface area contributed by atoms with E-state index in [9.17, 15) is 0 Å². The molecule has 0 bridgehead atoms. The van der Waals surface area contributed by atoms with Crippen LogP contribution in [-0.2, 0) is 19.9 Å². The van der Waals surface area contributed by atoms with Crippen molar-refractivity contribution in [3.8, 4) is 5.75 Å².